The second-order valence-corrected chi connectivity index (χ2v) is 9.15. The molecule has 9 nitrogen and oxygen atoms in total. The summed E-state index contributed by atoms with van der Waals surface area (Å²) in [5.74, 6) is -0.805. The largest absolute Gasteiger partial charge is 0.278 e. The van der Waals surface area contributed by atoms with Crippen LogP contribution in [-0.2, 0) is 14.8 Å². The van der Waals surface area contributed by atoms with Gasteiger partial charge in [0.25, 0.3) is 21.6 Å². The van der Waals surface area contributed by atoms with Crippen LogP contribution in [0.2, 0.25) is 10.0 Å². The highest BCUT2D eigenvalue weighted by Crippen LogP contribution is 2.35. The number of hydrogen-bond donors (Lipinski definition) is 1. The summed E-state index contributed by atoms with van der Waals surface area (Å²) in [5, 5.41) is 14.9. The van der Waals surface area contributed by atoms with Gasteiger partial charge in [-0.3, -0.25) is 19.2 Å². The average Bonchev–Trinajstić information content (AvgIpc) is 2.80. The number of amides is 1. The summed E-state index contributed by atoms with van der Waals surface area (Å²) < 4.78 is 27.4. The molecule has 0 radical (unpaired) electrons. The number of hydrazone groups is 1. The predicted octanol–water partition coefficient (Wildman–Crippen LogP) is 4.25. The van der Waals surface area contributed by atoms with Crippen LogP contribution in [0.25, 0.3) is 0 Å². The molecule has 0 aliphatic heterocycles. The van der Waals surface area contributed by atoms with Gasteiger partial charge in [0.05, 0.1) is 37.3 Å². The minimum absolute atomic E-state index is 0.00541. The lowest BCUT2D eigenvalue weighted by molar-refractivity contribution is -0.385. The van der Waals surface area contributed by atoms with E-state index >= 15 is 0 Å². The zero-order valence-corrected chi connectivity index (χ0v) is 19.1. The molecule has 33 heavy (non-hydrogen) atoms. The number of carbonyl (C=O) groups excluding carboxylic acids is 1. The number of hydrogen-bond acceptors (Lipinski definition) is 6. The van der Waals surface area contributed by atoms with Crippen molar-refractivity contribution >= 4 is 56.7 Å². The molecule has 3 aromatic carbocycles. The van der Waals surface area contributed by atoms with Gasteiger partial charge in [-0.1, -0.05) is 59.6 Å². The second-order valence-electron chi connectivity index (χ2n) is 6.51. The normalized spacial score (nSPS) is 11.3. The maximum absolute atomic E-state index is 13.3. The fourth-order valence-corrected chi connectivity index (χ4v) is 4.71. The van der Waals surface area contributed by atoms with Crippen molar-refractivity contribution in [1.82, 2.24) is 5.43 Å². The van der Waals surface area contributed by atoms with Gasteiger partial charge >= 0.3 is 0 Å². The van der Waals surface area contributed by atoms with Crippen LogP contribution in [0.5, 0.6) is 0 Å². The number of nitro benzene ring substituents is 1. The van der Waals surface area contributed by atoms with E-state index < -0.39 is 27.4 Å². The molecule has 0 fully saturated rings. The van der Waals surface area contributed by atoms with Gasteiger partial charge < -0.3 is 0 Å². The van der Waals surface area contributed by atoms with Gasteiger partial charge in [0.2, 0.25) is 0 Å². The highest BCUT2D eigenvalue weighted by Gasteiger charge is 2.29. The Kier molecular flexibility index (Phi) is 7.64. The molecule has 0 saturated carbocycles. The van der Waals surface area contributed by atoms with Gasteiger partial charge in [-0.05, 0) is 30.3 Å². The van der Waals surface area contributed by atoms with Crippen LogP contribution >= 0.6 is 23.2 Å². The lowest BCUT2D eigenvalue weighted by Crippen LogP contribution is -2.39. The molecule has 0 heterocycles. The van der Waals surface area contributed by atoms with Crippen molar-refractivity contribution in [3.05, 3.63) is 98.5 Å². The molecule has 12 heteroatoms. The molecule has 170 valence electrons. The fraction of sp³-hybridized carbons (Fsp3) is 0.0476. The Labute approximate surface area is 199 Å². The topological polar surface area (TPSA) is 122 Å². The summed E-state index contributed by atoms with van der Waals surface area (Å²) in [6.45, 7) is -0.675. The number of nitro groups is 1. The van der Waals surface area contributed by atoms with Crippen molar-refractivity contribution in [2.45, 2.75) is 4.90 Å². The van der Waals surface area contributed by atoms with E-state index in [2.05, 4.69) is 10.5 Å². The van der Waals surface area contributed by atoms with Crippen molar-refractivity contribution < 1.29 is 18.1 Å². The summed E-state index contributed by atoms with van der Waals surface area (Å²) in [7, 11) is -4.20. The Morgan fingerprint density at radius 2 is 1.70 bits per heavy atom. The Balaban J connectivity index is 1.89. The number of nitrogens with one attached hydrogen (secondary N) is 1. The smallest absolute Gasteiger partial charge is 0.271 e. The van der Waals surface area contributed by atoms with E-state index in [1.807, 2.05) is 0 Å². The Morgan fingerprint density at radius 3 is 2.39 bits per heavy atom. The van der Waals surface area contributed by atoms with Gasteiger partial charge in [0.15, 0.2) is 0 Å². The first-order chi connectivity index (χ1) is 15.7. The van der Waals surface area contributed by atoms with E-state index in [9.17, 15) is 23.3 Å². The Morgan fingerprint density at radius 1 is 1.03 bits per heavy atom. The zero-order valence-electron chi connectivity index (χ0n) is 16.8. The molecular formula is C21H16Cl2N4O5S. The number of anilines is 1. The highest BCUT2D eigenvalue weighted by molar-refractivity contribution is 7.92. The Bertz CT molecular complexity index is 1320. The van der Waals surface area contributed by atoms with Gasteiger partial charge in [0.1, 0.15) is 6.54 Å². The van der Waals surface area contributed by atoms with E-state index in [1.54, 1.807) is 24.3 Å². The summed E-state index contributed by atoms with van der Waals surface area (Å²) >= 11 is 12.3. The average molecular weight is 507 g/mol. The number of carbonyl (C=O) groups is 1. The van der Waals surface area contributed by atoms with Gasteiger partial charge in [-0.2, -0.15) is 5.10 Å². The van der Waals surface area contributed by atoms with Gasteiger partial charge in [-0.25, -0.2) is 13.8 Å². The third-order valence-electron chi connectivity index (χ3n) is 4.34. The molecule has 0 aliphatic carbocycles. The minimum Gasteiger partial charge on any atom is -0.271 e. The lowest BCUT2D eigenvalue weighted by Gasteiger charge is -2.24. The van der Waals surface area contributed by atoms with Crippen molar-refractivity contribution in [2.75, 3.05) is 10.8 Å². The maximum Gasteiger partial charge on any atom is 0.278 e. The van der Waals surface area contributed by atoms with Crippen LogP contribution in [0.3, 0.4) is 0 Å². The number of para-hydroxylation sites is 1. The first-order valence-corrected chi connectivity index (χ1v) is 11.5. The minimum atomic E-state index is -4.20. The van der Waals surface area contributed by atoms with Crippen molar-refractivity contribution in [3.63, 3.8) is 0 Å². The molecule has 0 aromatic heterocycles. The molecule has 1 N–H and O–H groups in total. The quantitative estimate of drug-likeness (QED) is 0.278. The predicted molar refractivity (Wildman–Crippen MR) is 126 cm³/mol. The molecule has 0 spiro atoms. The van der Waals surface area contributed by atoms with E-state index in [0.29, 0.717) is 0 Å². The molecule has 0 bridgehead atoms. The first-order valence-electron chi connectivity index (χ1n) is 9.29. The van der Waals surface area contributed by atoms with Crippen LogP contribution in [0.15, 0.2) is 82.8 Å². The summed E-state index contributed by atoms with van der Waals surface area (Å²) in [6, 6.07) is 17.7. The Hall–Kier alpha value is -3.47. The third kappa shape index (κ3) is 5.67. The molecule has 1 amide bonds. The van der Waals surface area contributed by atoms with Gasteiger partial charge in [-0.15, -0.1) is 0 Å². The van der Waals surface area contributed by atoms with E-state index in [-0.39, 0.29) is 31.9 Å². The van der Waals surface area contributed by atoms with Crippen molar-refractivity contribution in [3.8, 4) is 0 Å². The molecule has 0 unspecified atom stereocenters. The first kappa shape index (κ1) is 24.2. The fourth-order valence-electron chi connectivity index (χ4n) is 2.81. The summed E-state index contributed by atoms with van der Waals surface area (Å²) in [6.07, 6.45) is 1.10. The monoisotopic (exact) mass is 506 g/mol. The summed E-state index contributed by atoms with van der Waals surface area (Å²) in [5.41, 5.74) is 2.15. The second kappa shape index (κ2) is 10.4. The molecule has 3 rings (SSSR count). The molecular weight excluding hydrogens is 491 g/mol. The highest BCUT2D eigenvalue weighted by atomic mass is 35.5. The van der Waals surface area contributed by atoms with E-state index in [4.69, 9.17) is 23.2 Å². The van der Waals surface area contributed by atoms with Gasteiger partial charge in [0, 0.05) is 6.07 Å². The standard InChI is InChI=1S/C21H16Cl2N4O5S/c22-17-10-6-12-19(21(17)23)26(33(31,32)16-8-2-1-3-9-16)14-20(28)25-24-13-15-7-4-5-11-18(15)27(29)30/h1-13H,14H2,(H,25,28)/b24-13-. The van der Waals surface area contributed by atoms with Crippen LogP contribution < -0.4 is 9.73 Å². The number of nitrogens with zero attached hydrogens (tertiary/aromatic N) is 3. The van der Waals surface area contributed by atoms with E-state index in [1.165, 1.54) is 48.5 Å². The number of rotatable bonds is 8. The van der Waals surface area contributed by atoms with Crippen LogP contribution in [0.1, 0.15) is 5.56 Å². The lowest BCUT2D eigenvalue weighted by atomic mass is 10.2. The molecule has 3 aromatic rings. The SMILES string of the molecule is O=C(CN(c1cccc(Cl)c1Cl)S(=O)(=O)c1ccccc1)N/N=C\c1ccccc1[N+](=O)[O-]. The molecule has 0 saturated heterocycles. The van der Waals surface area contributed by atoms with Crippen LogP contribution in [0.4, 0.5) is 11.4 Å². The number of benzene rings is 3. The van der Waals surface area contributed by atoms with Crippen molar-refractivity contribution in [1.29, 1.82) is 0 Å². The maximum atomic E-state index is 13.3. The van der Waals surface area contributed by atoms with Crippen LogP contribution in [-0.4, -0.2) is 32.0 Å². The summed E-state index contributed by atoms with van der Waals surface area (Å²) in [4.78, 5) is 23.0. The molecule has 0 aliphatic rings. The van der Waals surface area contributed by atoms with E-state index in [0.717, 1.165) is 10.5 Å². The number of halogens is 2. The van der Waals surface area contributed by atoms with Crippen LogP contribution in [0, 0.1) is 10.1 Å². The number of sulfonamides is 1. The zero-order chi connectivity index (χ0) is 24.0. The van der Waals surface area contributed by atoms with Crippen molar-refractivity contribution in [2.24, 2.45) is 5.10 Å². The molecule has 0 atom stereocenters. The third-order valence-corrected chi connectivity index (χ3v) is 6.93.